The van der Waals surface area contributed by atoms with Crippen LogP contribution in [0.4, 0.5) is 0 Å². The maximum Gasteiger partial charge on any atom is 0.255 e. The molecule has 1 saturated heterocycles. The molecule has 1 heterocycles. The number of carbonyl (C=O) groups excluding carboxylic acids is 1. The molecule has 0 radical (unpaired) electrons. The molecule has 2 rings (SSSR count). The molecule has 0 N–H and O–H groups in total. The number of benzene rings is 1. The molecule has 1 aliphatic heterocycles. The third-order valence-electron chi connectivity index (χ3n) is 2.48. The SMILES string of the molecule is CC1OCCN1C(=O)c1ccc(Cl)cc1. The Labute approximate surface area is 93.6 Å². The summed E-state index contributed by atoms with van der Waals surface area (Å²) in [7, 11) is 0. The third kappa shape index (κ3) is 2.13. The topological polar surface area (TPSA) is 29.5 Å². The fourth-order valence-corrected chi connectivity index (χ4v) is 1.74. The lowest BCUT2D eigenvalue weighted by Crippen LogP contribution is -2.34. The Kier molecular flexibility index (Phi) is 2.93. The van der Waals surface area contributed by atoms with Crippen LogP contribution in [0.1, 0.15) is 17.3 Å². The average molecular weight is 226 g/mol. The lowest BCUT2D eigenvalue weighted by molar-refractivity contribution is 0.0378. The van der Waals surface area contributed by atoms with Crippen LogP contribution in [0.3, 0.4) is 0 Å². The molecule has 4 heteroatoms. The minimum absolute atomic E-state index is 0.00309. The van der Waals surface area contributed by atoms with Crippen LogP contribution in [-0.4, -0.2) is 30.2 Å². The van der Waals surface area contributed by atoms with Crippen LogP contribution in [0.5, 0.6) is 0 Å². The maximum atomic E-state index is 12.0. The third-order valence-corrected chi connectivity index (χ3v) is 2.73. The Morgan fingerprint density at radius 3 is 2.67 bits per heavy atom. The van der Waals surface area contributed by atoms with Crippen LogP contribution in [0.25, 0.3) is 0 Å². The van der Waals surface area contributed by atoms with Crippen molar-refractivity contribution in [3.8, 4) is 0 Å². The molecule has 1 unspecified atom stereocenters. The molecule has 80 valence electrons. The van der Waals surface area contributed by atoms with Gasteiger partial charge in [0, 0.05) is 17.1 Å². The van der Waals surface area contributed by atoms with Gasteiger partial charge < -0.3 is 9.64 Å². The van der Waals surface area contributed by atoms with Gasteiger partial charge in [0.1, 0.15) is 6.23 Å². The van der Waals surface area contributed by atoms with Crippen molar-refractivity contribution in [3.63, 3.8) is 0 Å². The van der Waals surface area contributed by atoms with E-state index in [9.17, 15) is 4.79 Å². The molecular weight excluding hydrogens is 214 g/mol. The molecule has 1 aliphatic rings. The van der Waals surface area contributed by atoms with Gasteiger partial charge in [-0.15, -0.1) is 0 Å². The fraction of sp³-hybridized carbons (Fsp3) is 0.364. The summed E-state index contributed by atoms with van der Waals surface area (Å²) in [4.78, 5) is 13.7. The number of carbonyl (C=O) groups is 1. The second-order valence-corrected chi connectivity index (χ2v) is 3.91. The minimum atomic E-state index is -0.131. The molecule has 1 fully saturated rings. The summed E-state index contributed by atoms with van der Waals surface area (Å²) in [6, 6.07) is 6.90. The fourth-order valence-electron chi connectivity index (χ4n) is 1.62. The summed E-state index contributed by atoms with van der Waals surface area (Å²) in [6.07, 6.45) is -0.131. The quantitative estimate of drug-likeness (QED) is 0.733. The molecule has 0 bridgehead atoms. The van der Waals surface area contributed by atoms with Gasteiger partial charge in [0.25, 0.3) is 5.91 Å². The van der Waals surface area contributed by atoms with E-state index >= 15 is 0 Å². The highest BCUT2D eigenvalue weighted by atomic mass is 35.5. The highest BCUT2D eigenvalue weighted by Gasteiger charge is 2.26. The highest BCUT2D eigenvalue weighted by molar-refractivity contribution is 6.30. The smallest absolute Gasteiger partial charge is 0.255 e. The van der Waals surface area contributed by atoms with E-state index in [1.54, 1.807) is 29.2 Å². The van der Waals surface area contributed by atoms with Crippen molar-refractivity contribution in [1.82, 2.24) is 4.90 Å². The van der Waals surface area contributed by atoms with E-state index in [2.05, 4.69) is 0 Å². The van der Waals surface area contributed by atoms with Gasteiger partial charge in [-0.2, -0.15) is 0 Å². The average Bonchev–Trinajstić information content (AvgIpc) is 2.65. The first-order valence-electron chi connectivity index (χ1n) is 4.86. The summed E-state index contributed by atoms with van der Waals surface area (Å²) < 4.78 is 5.31. The second kappa shape index (κ2) is 4.21. The minimum Gasteiger partial charge on any atom is -0.357 e. The van der Waals surface area contributed by atoms with Crippen LogP contribution < -0.4 is 0 Å². The van der Waals surface area contributed by atoms with Gasteiger partial charge in [-0.25, -0.2) is 0 Å². The molecule has 1 aromatic carbocycles. The van der Waals surface area contributed by atoms with Gasteiger partial charge in [-0.3, -0.25) is 4.79 Å². The first kappa shape index (κ1) is 10.5. The largest absolute Gasteiger partial charge is 0.357 e. The Morgan fingerprint density at radius 2 is 2.13 bits per heavy atom. The van der Waals surface area contributed by atoms with E-state index in [4.69, 9.17) is 16.3 Å². The van der Waals surface area contributed by atoms with Crippen molar-refractivity contribution in [3.05, 3.63) is 34.9 Å². The predicted octanol–water partition coefficient (Wildman–Crippen LogP) is 2.16. The lowest BCUT2D eigenvalue weighted by atomic mass is 10.2. The Balaban J connectivity index is 2.17. The highest BCUT2D eigenvalue weighted by Crippen LogP contribution is 2.16. The molecule has 0 spiro atoms. The summed E-state index contributed by atoms with van der Waals surface area (Å²) in [6.45, 7) is 3.14. The van der Waals surface area contributed by atoms with Gasteiger partial charge in [0.15, 0.2) is 0 Å². The molecule has 0 aliphatic carbocycles. The van der Waals surface area contributed by atoms with E-state index in [1.807, 2.05) is 6.92 Å². The summed E-state index contributed by atoms with van der Waals surface area (Å²) in [5.41, 5.74) is 0.650. The normalized spacial score (nSPS) is 20.7. The van der Waals surface area contributed by atoms with E-state index in [1.165, 1.54) is 0 Å². The predicted molar refractivity (Wildman–Crippen MR) is 57.9 cm³/mol. The summed E-state index contributed by atoms with van der Waals surface area (Å²) in [5.74, 6) is -0.00309. The molecule has 15 heavy (non-hydrogen) atoms. The first-order valence-corrected chi connectivity index (χ1v) is 5.24. The van der Waals surface area contributed by atoms with Crippen molar-refractivity contribution >= 4 is 17.5 Å². The number of ether oxygens (including phenoxy) is 1. The number of amides is 1. The number of halogens is 1. The zero-order valence-corrected chi connectivity index (χ0v) is 9.20. The maximum absolute atomic E-state index is 12.0. The van der Waals surface area contributed by atoms with Gasteiger partial charge in [0.05, 0.1) is 6.61 Å². The molecule has 3 nitrogen and oxygen atoms in total. The van der Waals surface area contributed by atoms with Crippen molar-refractivity contribution < 1.29 is 9.53 Å². The molecule has 1 atom stereocenters. The standard InChI is InChI=1S/C11H12ClNO2/c1-8-13(6-7-15-8)11(14)9-2-4-10(12)5-3-9/h2-5,8H,6-7H2,1H3. The van der Waals surface area contributed by atoms with E-state index in [0.717, 1.165) is 0 Å². The van der Waals surface area contributed by atoms with Crippen molar-refractivity contribution in [2.75, 3.05) is 13.2 Å². The summed E-state index contributed by atoms with van der Waals surface area (Å²) >= 11 is 5.76. The number of nitrogens with zero attached hydrogens (tertiary/aromatic N) is 1. The van der Waals surface area contributed by atoms with Crippen molar-refractivity contribution in [1.29, 1.82) is 0 Å². The number of hydrogen-bond donors (Lipinski definition) is 0. The van der Waals surface area contributed by atoms with Crippen LogP contribution in [0.15, 0.2) is 24.3 Å². The van der Waals surface area contributed by atoms with Crippen LogP contribution in [-0.2, 0) is 4.74 Å². The second-order valence-electron chi connectivity index (χ2n) is 3.48. The Bertz CT molecular complexity index is 363. The van der Waals surface area contributed by atoms with Gasteiger partial charge in [0.2, 0.25) is 0 Å². The zero-order valence-electron chi connectivity index (χ0n) is 8.44. The molecular formula is C11H12ClNO2. The Hall–Kier alpha value is -1.06. The van der Waals surface area contributed by atoms with Gasteiger partial charge >= 0.3 is 0 Å². The molecule has 1 aromatic rings. The summed E-state index contributed by atoms with van der Waals surface area (Å²) in [5, 5.41) is 0.636. The van der Waals surface area contributed by atoms with Crippen LogP contribution in [0, 0.1) is 0 Å². The first-order chi connectivity index (χ1) is 7.18. The van der Waals surface area contributed by atoms with Crippen LogP contribution in [0.2, 0.25) is 5.02 Å². The van der Waals surface area contributed by atoms with Crippen molar-refractivity contribution in [2.24, 2.45) is 0 Å². The van der Waals surface area contributed by atoms with Gasteiger partial charge in [-0.05, 0) is 31.2 Å². The monoisotopic (exact) mass is 225 g/mol. The molecule has 1 amide bonds. The van der Waals surface area contributed by atoms with Crippen molar-refractivity contribution in [2.45, 2.75) is 13.2 Å². The Morgan fingerprint density at radius 1 is 1.47 bits per heavy atom. The lowest BCUT2D eigenvalue weighted by Gasteiger charge is -2.19. The van der Waals surface area contributed by atoms with E-state index < -0.39 is 0 Å². The van der Waals surface area contributed by atoms with E-state index in [0.29, 0.717) is 23.7 Å². The van der Waals surface area contributed by atoms with E-state index in [-0.39, 0.29) is 12.1 Å². The zero-order chi connectivity index (χ0) is 10.8. The molecule has 0 saturated carbocycles. The number of rotatable bonds is 1. The van der Waals surface area contributed by atoms with Gasteiger partial charge in [-0.1, -0.05) is 11.6 Å². The number of hydrogen-bond acceptors (Lipinski definition) is 2. The molecule has 0 aromatic heterocycles. The van der Waals surface area contributed by atoms with Crippen LogP contribution >= 0.6 is 11.6 Å².